The summed E-state index contributed by atoms with van der Waals surface area (Å²) in [6.45, 7) is -0.272. The van der Waals surface area contributed by atoms with Crippen molar-refractivity contribution < 1.29 is 14.3 Å². The third-order valence-corrected chi connectivity index (χ3v) is 4.64. The van der Waals surface area contributed by atoms with Crippen LogP contribution in [0.1, 0.15) is 29.2 Å². The zero-order chi connectivity index (χ0) is 20.3. The van der Waals surface area contributed by atoms with Gasteiger partial charge in [-0.2, -0.15) is 0 Å². The molecule has 3 rings (SSSR count). The quantitative estimate of drug-likeness (QED) is 0.558. The number of ether oxygens (including phenoxy) is 1. The van der Waals surface area contributed by atoms with Crippen LogP contribution in [0.15, 0.2) is 91.0 Å². The highest BCUT2D eigenvalue weighted by Gasteiger charge is 2.16. The van der Waals surface area contributed by atoms with Gasteiger partial charge in [0.2, 0.25) is 0 Å². The smallest absolute Gasteiger partial charge is 0.306 e. The Hall–Kier alpha value is -3.40. The molecule has 0 fully saturated rings. The van der Waals surface area contributed by atoms with Crippen LogP contribution in [-0.4, -0.2) is 18.5 Å². The molecule has 148 valence electrons. The highest BCUT2D eigenvalue weighted by Crippen LogP contribution is 2.18. The fraction of sp³-hybridized carbons (Fsp3) is 0.200. The average Bonchev–Trinajstić information content (AvgIpc) is 2.78. The van der Waals surface area contributed by atoms with Gasteiger partial charge in [0.1, 0.15) is 0 Å². The normalized spacial score (nSPS) is 11.4. The zero-order valence-corrected chi connectivity index (χ0v) is 16.3. The van der Waals surface area contributed by atoms with E-state index in [9.17, 15) is 9.59 Å². The maximum atomic E-state index is 12.4. The number of hydrogen-bond donors (Lipinski definition) is 1. The summed E-state index contributed by atoms with van der Waals surface area (Å²) < 4.78 is 5.16. The number of rotatable bonds is 9. The molecule has 0 aromatic heterocycles. The Bertz CT molecular complexity index is 895. The van der Waals surface area contributed by atoms with Crippen molar-refractivity contribution in [3.8, 4) is 0 Å². The highest BCUT2D eigenvalue weighted by atomic mass is 16.5. The van der Waals surface area contributed by atoms with E-state index in [0.29, 0.717) is 12.8 Å². The predicted octanol–water partition coefficient (Wildman–Crippen LogP) is 4.26. The molecule has 0 aliphatic carbocycles. The topological polar surface area (TPSA) is 55.4 Å². The molecule has 0 saturated heterocycles. The van der Waals surface area contributed by atoms with Crippen LogP contribution in [0.2, 0.25) is 0 Å². The molecule has 0 aliphatic heterocycles. The Balaban J connectivity index is 1.52. The van der Waals surface area contributed by atoms with E-state index in [1.807, 2.05) is 91.0 Å². The van der Waals surface area contributed by atoms with Gasteiger partial charge in [-0.15, -0.1) is 0 Å². The molecule has 3 aromatic rings. The van der Waals surface area contributed by atoms with Crippen molar-refractivity contribution in [1.82, 2.24) is 5.32 Å². The minimum atomic E-state index is -0.372. The third-order valence-electron chi connectivity index (χ3n) is 4.64. The minimum absolute atomic E-state index is 0.186. The lowest BCUT2D eigenvalue weighted by Gasteiger charge is -2.19. The first-order chi connectivity index (χ1) is 14.2. The van der Waals surface area contributed by atoms with Gasteiger partial charge in [0.15, 0.2) is 6.61 Å². The van der Waals surface area contributed by atoms with E-state index in [2.05, 4.69) is 5.32 Å². The Kier molecular flexibility index (Phi) is 7.58. The van der Waals surface area contributed by atoms with Gasteiger partial charge in [-0.25, -0.2) is 0 Å². The van der Waals surface area contributed by atoms with Gasteiger partial charge in [-0.3, -0.25) is 9.59 Å². The summed E-state index contributed by atoms with van der Waals surface area (Å²) in [5, 5.41) is 2.99. The summed E-state index contributed by atoms with van der Waals surface area (Å²) in [5.41, 5.74) is 3.21. The molecule has 1 amide bonds. The third kappa shape index (κ3) is 6.92. The molecule has 1 N–H and O–H groups in total. The average molecular weight is 387 g/mol. The zero-order valence-electron chi connectivity index (χ0n) is 16.3. The van der Waals surface area contributed by atoms with E-state index in [1.165, 1.54) is 0 Å². The summed E-state index contributed by atoms with van der Waals surface area (Å²) in [6.07, 6.45) is 1.52. The fourth-order valence-electron chi connectivity index (χ4n) is 3.13. The highest BCUT2D eigenvalue weighted by molar-refractivity contribution is 5.81. The van der Waals surface area contributed by atoms with Gasteiger partial charge < -0.3 is 10.1 Å². The summed E-state index contributed by atoms with van der Waals surface area (Å²) in [6, 6.07) is 29.4. The first kappa shape index (κ1) is 20.3. The van der Waals surface area contributed by atoms with E-state index in [-0.39, 0.29) is 30.9 Å². The van der Waals surface area contributed by atoms with Crippen LogP contribution < -0.4 is 5.32 Å². The van der Waals surface area contributed by atoms with Crippen molar-refractivity contribution in [1.29, 1.82) is 0 Å². The number of nitrogens with one attached hydrogen (secondary N) is 1. The SMILES string of the molecule is O=C(COC(=O)CCc1ccccc1)NC(Cc1ccccc1)c1ccccc1. The second kappa shape index (κ2) is 10.8. The van der Waals surface area contributed by atoms with Crippen molar-refractivity contribution in [2.45, 2.75) is 25.3 Å². The van der Waals surface area contributed by atoms with Gasteiger partial charge >= 0.3 is 5.97 Å². The molecule has 0 radical (unpaired) electrons. The molecule has 1 unspecified atom stereocenters. The van der Waals surface area contributed by atoms with E-state index >= 15 is 0 Å². The van der Waals surface area contributed by atoms with Crippen LogP contribution in [0.25, 0.3) is 0 Å². The molecule has 1 atom stereocenters. The Morgan fingerprint density at radius 2 is 1.31 bits per heavy atom. The van der Waals surface area contributed by atoms with E-state index < -0.39 is 0 Å². The first-order valence-electron chi connectivity index (χ1n) is 9.78. The molecule has 0 saturated carbocycles. The van der Waals surface area contributed by atoms with Crippen molar-refractivity contribution in [2.24, 2.45) is 0 Å². The number of carbonyl (C=O) groups is 2. The van der Waals surface area contributed by atoms with Crippen LogP contribution in [-0.2, 0) is 27.2 Å². The lowest BCUT2D eigenvalue weighted by Crippen LogP contribution is -2.33. The van der Waals surface area contributed by atoms with Crippen LogP contribution >= 0.6 is 0 Å². The molecule has 0 spiro atoms. The predicted molar refractivity (Wildman–Crippen MR) is 113 cm³/mol. The largest absolute Gasteiger partial charge is 0.456 e. The maximum absolute atomic E-state index is 12.4. The van der Waals surface area contributed by atoms with E-state index in [1.54, 1.807) is 0 Å². The van der Waals surface area contributed by atoms with Crippen LogP contribution in [0.3, 0.4) is 0 Å². The second-order valence-electron chi connectivity index (χ2n) is 6.87. The summed E-state index contributed by atoms with van der Waals surface area (Å²) in [7, 11) is 0. The number of carbonyl (C=O) groups excluding carboxylic acids is 2. The first-order valence-corrected chi connectivity index (χ1v) is 9.78. The van der Waals surface area contributed by atoms with E-state index in [0.717, 1.165) is 16.7 Å². The molecular formula is C25H25NO3. The molecule has 3 aromatic carbocycles. The molecule has 29 heavy (non-hydrogen) atoms. The number of aryl methyl sites for hydroxylation is 1. The van der Waals surface area contributed by atoms with E-state index in [4.69, 9.17) is 4.74 Å². The van der Waals surface area contributed by atoms with Gasteiger partial charge in [0, 0.05) is 6.42 Å². The van der Waals surface area contributed by atoms with Gasteiger partial charge in [0.25, 0.3) is 5.91 Å². The molecule has 0 heterocycles. The summed E-state index contributed by atoms with van der Waals surface area (Å²) >= 11 is 0. The number of benzene rings is 3. The second-order valence-corrected chi connectivity index (χ2v) is 6.87. The van der Waals surface area contributed by atoms with Gasteiger partial charge in [0.05, 0.1) is 6.04 Å². The molecular weight excluding hydrogens is 362 g/mol. The monoisotopic (exact) mass is 387 g/mol. The Labute approximate surface area is 171 Å². The number of amides is 1. The van der Waals surface area contributed by atoms with Crippen molar-refractivity contribution in [3.05, 3.63) is 108 Å². The van der Waals surface area contributed by atoms with Crippen molar-refractivity contribution in [2.75, 3.05) is 6.61 Å². The Morgan fingerprint density at radius 3 is 1.93 bits per heavy atom. The van der Waals surface area contributed by atoms with Crippen LogP contribution in [0, 0.1) is 0 Å². The fourth-order valence-corrected chi connectivity index (χ4v) is 3.13. The molecule has 4 nitrogen and oxygen atoms in total. The summed E-state index contributed by atoms with van der Waals surface area (Å²) in [5.74, 6) is -0.675. The van der Waals surface area contributed by atoms with Crippen molar-refractivity contribution in [3.63, 3.8) is 0 Å². The molecule has 0 aliphatic rings. The lowest BCUT2D eigenvalue weighted by molar-refractivity contribution is -0.148. The lowest BCUT2D eigenvalue weighted by atomic mass is 9.99. The van der Waals surface area contributed by atoms with Gasteiger partial charge in [-0.05, 0) is 29.5 Å². The maximum Gasteiger partial charge on any atom is 0.306 e. The standard InChI is InChI=1S/C25H25NO3/c27-24(19-29-25(28)17-16-20-10-4-1-5-11-20)26-23(22-14-8-3-9-15-22)18-21-12-6-2-7-13-21/h1-15,23H,16-19H2,(H,26,27). The van der Waals surface area contributed by atoms with Gasteiger partial charge in [-0.1, -0.05) is 91.0 Å². The number of esters is 1. The van der Waals surface area contributed by atoms with Crippen LogP contribution in [0.4, 0.5) is 0 Å². The van der Waals surface area contributed by atoms with Crippen molar-refractivity contribution >= 4 is 11.9 Å². The number of hydrogen-bond acceptors (Lipinski definition) is 3. The van der Waals surface area contributed by atoms with Crippen LogP contribution in [0.5, 0.6) is 0 Å². The Morgan fingerprint density at radius 1 is 0.759 bits per heavy atom. The molecule has 4 heteroatoms. The minimum Gasteiger partial charge on any atom is -0.456 e. The summed E-state index contributed by atoms with van der Waals surface area (Å²) in [4.78, 5) is 24.4. The molecule has 0 bridgehead atoms.